The Morgan fingerprint density at radius 1 is 1.19 bits per heavy atom. The fourth-order valence-electron chi connectivity index (χ4n) is 3.47. The van der Waals surface area contributed by atoms with Crippen LogP contribution in [-0.2, 0) is 6.54 Å². The molecule has 3 saturated heterocycles. The van der Waals surface area contributed by atoms with Crippen molar-refractivity contribution in [1.29, 1.82) is 0 Å². The Balaban J connectivity index is 1.67. The molecule has 3 aliphatic heterocycles. The van der Waals surface area contributed by atoms with E-state index in [9.17, 15) is 0 Å². The van der Waals surface area contributed by atoms with Crippen LogP contribution >= 0.6 is 15.9 Å². The molecule has 0 aliphatic carbocycles. The SMILES string of the molecule is COc1cc(Br)c(CNC2CN3CCC2CC3)cc1OC. The first kappa shape index (κ1) is 15.1. The minimum Gasteiger partial charge on any atom is -0.493 e. The van der Waals surface area contributed by atoms with Gasteiger partial charge in [-0.3, -0.25) is 0 Å². The molecule has 4 nitrogen and oxygen atoms in total. The van der Waals surface area contributed by atoms with Crippen molar-refractivity contribution in [2.24, 2.45) is 5.92 Å². The van der Waals surface area contributed by atoms with Crippen molar-refractivity contribution in [3.05, 3.63) is 22.2 Å². The number of benzene rings is 1. The Bertz CT molecular complexity index is 501. The van der Waals surface area contributed by atoms with E-state index in [1.165, 1.54) is 38.0 Å². The van der Waals surface area contributed by atoms with Crippen molar-refractivity contribution in [3.8, 4) is 11.5 Å². The number of hydrogen-bond donors (Lipinski definition) is 1. The average molecular weight is 355 g/mol. The van der Waals surface area contributed by atoms with Crippen molar-refractivity contribution < 1.29 is 9.47 Å². The van der Waals surface area contributed by atoms with Gasteiger partial charge in [0.1, 0.15) is 0 Å². The number of hydrogen-bond acceptors (Lipinski definition) is 4. The maximum absolute atomic E-state index is 5.39. The Labute approximate surface area is 134 Å². The fraction of sp³-hybridized carbons (Fsp3) is 0.625. The van der Waals surface area contributed by atoms with Crippen molar-refractivity contribution >= 4 is 15.9 Å². The van der Waals surface area contributed by atoms with Crippen molar-refractivity contribution in [3.63, 3.8) is 0 Å². The molecule has 2 bridgehead atoms. The molecule has 5 heteroatoms. The maximum atomic E-state index is 5.39. The number of ether oxygens (including phenoxy) is 2. The van der Waals surface area contributed by atoms with Gasteiger partial charge in [0.15, 0.2) is 11.5 Å². The second-order valence-corrected chi connectivity index (χ2v) is 6.78. The minimum absolute atomic E-state index is 0.618. The Hall–Kier alpha value is -0.780. The van der Waals surface area contributed by atoms with E-state index in [1.54, 1.807) is 14.2 Å². The van der Waals surface area contributed by atoms with Crippen LogP contribution < -0.4 is 14.8 Å². The normalized spacial score (nSPS) is 27.7. The number of methoxy groups -OCH3 is 2. The summed E-state index contributed by atoms with van der Waals surface area (Å²) in [6.07, 6.45) is 2.68. The standard InChI is InChI=1S/C16H23BrN2O2/c1-20-15-7-12(13(17)8-16(15)21-2)9-18-14-10-19-5-3-11(14)4-6-19/h7-8,11,14,18H,3-6,9-10H2,1-2H3. The first-order valence-corrected chi connectivity index (χ1v) is 8.36. The molecule has 0 amide bonds. The second kappa shape index (κ2) is 6.55. The lowest BCUT2D eigenvalue weighted by molar-refractivity contribution is 0.0720. The highest BCUT2D eigenvalue weighted by molar-refractivity contribution is 9.10. The summed E-state index contributed by atoms with van der Waals surface area (Å²) in [4.78, 5) is 2.57. The number of fused-ring (bicyclic) bond motifs is 3. The topological polar surface area (TPSA) is 33.7 Å². The van der Waals surface area contributed by atoms with E-state index < -0.39 is 0 Å². The predicted octanol–water partition coefficient (Wildman–Crippen LogP) is 2.65. The summed E-state index contributed by atoms with van der Waals surface area (Å²) in [6.45, 7) is 4.61. The van der Waals surface area contributed by atoms with Gasteiger partial charge in [0.25, 0.3) is 0 Å². The monoisotopic (exact) mass is 354 g/mol. The van der Waals surface area contributed by atoms with Gasteiger partial charge in [-0.2, -0.15) is 0 Å². The summed E-state index contributed by atoms with van der Waals surface area (Å²) < 4.78 is 11.8. The highest BCUT2D eigenvalue weighted by atomic mass is 79.9. The van der Waals surface area contributed by atoms with Crippen LogP contribution in [0.15, 0.2) is 16.6 Å². The predicted molar refractivity (Wildman–Crippen MR) is 87.0 cm³/mol. The zero-order chi connectivity index (χ0) is 14.8. The zero-order valence-electron chi connectivity index (χ0n) is 12.7. The molecule has 0 spiro atoms. The molecule has 3 aliphatic rings. The van der Waals surface area contributed by atoms with Gasteiger partial charge < -0.3 is 19.7 Å². The lowest BCUT2D eigenvalue weighted by atomic mass is 9.84. The van der Waals surface area contributed by atoms with Crippen molar-refractivity contribution in [2.45, 2.75) is 25.4 Å². The Morgan fingerprint density at radius 2 is 1.86 bits per heavy atom. The van der Waals surface area contributed by atoms with Gasteiger partial charge in [-0.1, -0.05) is 15.9 Å². The summed E-state index contributed by atoms with van der Waals surface area (Å²) in [7, 11) is 3.34. The molecule has 1 aromatic rings. The fourth-order valence-corrected chi connectivity index (χ4v) is 3.93. The summed E-state index contributed by atoms with van der Waals surface area (Å²) in [5.74, 6) is 2.39. The first-order chi connectivity index (χ1) is 10.2. The van der Waals surface area contributed by atoms with Crippen LogP contribution in [0.3, 0.4) is 0 Å². The second-order valence-electron chi connectivity index (χ2n) is 5.92. The van der Waals surface area contributed by atoms with Gasteiger partial charge >= 0.3 is 0 Å². The average Bonchev–Trinajstić information content (AvgIpc) is 2.54. The van der Waals surface area contributed by atoms with E-state index in [4.69, 9.17) is 9.47 Å². The van der Waals surface area contributed by atoms with Crippen LogP contribution in [0.4, 0.5) is 0 Å². The molecule has 0 radical (unpaired) electrons. The number of halogens is 1. The van der Waals surface area contributed by atoms with Crippen LogP contribution in [-0.4, -0.2) is 44.8 Å². The quantitative estimate of drug-likeness (QED) is 0.881. The van der Waals surface area contributed by atoms with E-state index >= 15 is 0 Å². The lowest BCUT2D eigenvalue weighted by Gasteiger charge is -2.45. The molecule has 21 heavy (non-hydrogen) atoms. The largest absolute Gasteiger partial charge is 0.493 e. The molecule has 1 aromatic carbocycles. The molecule has 1 unspecified atom stereocenters. The van der Waals surface area contributed by atoms with Gasteiger partial charge in [0, 0.05) is 23.6 Å². The van der Waals surface area contributed by atoms with Crippen LogP contribution in [0.25, 0.3) is 0 Å². The van der Waals surface area contributed by atoms with Gasteiger partial charge in [-0.25, -0.2) is 0 Å². The number of rotatable bonds is 5. The molecule has 0 aromatic heterocycles. The van der Waals surface area contributed by atoms with Gasteiger partial charge in [0.2, 0.25) is 0 Å². The first-order valence-electron chi connectivity index (χ1n) is 7.57. The van der Waals surface area contributed by atoms with E-state index in [0.717, 1.165) is 28.4 Å². The Kier molecular flexibility index (Phi) is 4.72. The molecule has 4 rings (SSSR count). The number of nitrogens with zero attached hydrogens (tertiary/aromatic N) is 1. The highest BCUT2D eigenvalue weighted by Crippen LogP contribution is 2.34. The van der Waals surface area contributed by atoms with Gasteiger partial charge in [-0.05, 0) is 49.5 Å². The minimum atomic E-state index is 0.618. The summed E-state index contributed by atoms with van der Waals surface area (Å²) in [5, 5.41) is 3.73. The van der Waals surface area contributed by atoms with E-state index in [2.05, 4.69) is 32.2 Å². The van der Waals surface area contributed by atoms with Crippen molar-refractivity contribution in [2.75, 3.05) is 33.9 Å². The van der Waals surface area contributed by atoms with Crippen LogP contribution in [0, 0.1) is 5.92 Å². The maximum Gasteiger partial charge on any atom is 0.161 e. The molecule has 3 heterocycles. The van der Waals surface area contributed by atoms with Gasteiger partial charge in [0.05, 0.1) is 14.2 Å². The summed E-state index contributed by atoms with van der Waals surface area (Å²) in [6, 6.07) is 4.65. The number of piperidine rings is 3. The Morgan fingerprint density at radius 3 is 2.43 bits per heavy atom. The van der Waals surface area contributed by atoms with Crippen LogP contribution in [0.5, 0.6) is 11.5 Å². The summed E-state index contributed by atoms with van der Waals surface area (Å²) in [5.41, 5.74) is 1.21. The van der Waals surface area contributed by atoms with E-state index in [1.807, 2.05) is 6.07 Å². The zero-order valence-corrected chi connectivity index (χ0v) is 14.3. The third kappa shape index (κ3) is 3.20. The van der Waals surface area contributed by atoms with Crippen molar-refractivity contribution in [1.82, 2.24) is 10.2 Å². The molecular weight excluding hydrogens is 332 g/mol. The molecule has 0 saturated carbocycles. The smallest absolute Gasteiger partial charge is 0.161 e. The van der Waals surface area contributed by atoms with Crippen LogP contribution in [0.2, 0.25) is 0 Å². The molecule has 1 atom stereocenters. The summed E-state index contributed by atoms with van der Waals surface area (Å²) >= 11 is 3.63. The third-order valence-corrected chi connectivity index (χ3v) is 5.50. The van der Waals surface area contributed by atoms with Gasteiger partial charge in [-0.15, -0.1) is 0 Å². The lowest BCUT2D eigenvalue weighted by Crippen LogP contribution is -2.55. The number of nitrogens with one attached hydrogen (secondary N) is 1. The molecule has 1 N–H and O–H groups in total. The molecule has 116 valence electrons. The highest BCUT2D eigenvalue weighted by Gasteiger charge is 2.33. The van der Waals surface area contributed by atoms with Crippen LogP contribution in [0.1, 0.15) is 18.4 Å². The molecular formula is C16H23BrN2O2. The van der Waals surface area contributed by atoms with E-state index in [0.29, 0.717) is 6.04 Å². The van der Waals surface area contributed by atoms with E-state index in [-0.39, 0.29) is 0 Å². The third-order valence-electron chi connectivity index (χ3n) is 4.76. The molecule has 3 fully saturated rings.